The molecule has 4 nitrogen and oxygen atoms in total. The third-order valence-corrected chi connectivity index (χ3v) is 7.20. The highest BCUT2D eigenvalue weighted by molar-refractivity contribution is 6.05. The Morgan fingerprint density at radius 1 is 1.12 bits per heavy atom. The van der Waals surface area contributed by atoms with Gasteiger partial charge in [-0.25, -0.2) is 0 Å². The van der Waals surface area contributed by atoms with E-state index in [1.807, 2.05) is 13.0 Å². The van der Waals surface area contributed by atoms with Crippen LogP contribution in [0.3, 0.4) is 0 Å². The molecule has 3 aromatic rings. The number of nitrogens with two attached hydrogens (primary N) is 1. The minimum Gasteiger partial charge on any atom is -0.384 e. The molecule has 0 bridgehead atoms. The molecule has 0 saturated heterocycles. The van der Waals surface area contributed by atoms with Crippen LogP contribution in [0, 0.1) is 0 Å². The Labute approximate surface area is 189 Å². The Bertz CT molecular complexity index is 1260. The number of carbonyl (C=O) groups excluding carboxylic acids is 1. The number of fused-ring (bicyclic) bond motifs is 5. The Morgan fingerprint density at radius 2 is 1.91 bits per heavy atom. The Kier molecular flexibility index (Phi) is 5.46. The molecule has 5 rings (SSSR count). The quantitative estimate of drug-likeness (QED) is 0.301. The van der Waals surface area contributed by atoms with Crippen molar-refractivity contribution in [2.24, 2.45) is 10.7 Å². The van der Waals surface area contributed by atoms with Crippen LogP contribution in [-0.4, -0.2) is 23.2 Å². The summed E-state index contributed by atoms with van der Waals surface area (Å²) in [6.07, 6.45) is 9.03. The number of nitrogens with zero attached hydrogens (tertiary/aromatic N) is 2. The van der Waals surface area contributed by atoms with Gasteiger partial charge in [0.25, 0.3) is 0 Å². The molecule has 1 saturated carbocycles. The second kappa shape index (κ2) is 8.42. The second-order valence-electron chi connectivity index (χ2n) is 9.06. The summed E-state index contributed by atoms with van der Waals surface area (Å²) in [5.74, 6) is 1.29. The van der Waals surface area contributed by atoms with Crippen LogP contribution in [0.1, 0.15) is 72.9 Å². The minimum atomic E-state index is 0.182. The van der Waals surface area contributed by atoms with Gasteiger partial charge in [0.05, 0.1) is 12.2 Å². The van der Waals surface area contributed by atoms with Gasteiger partial charge in [-0.15, -0.1) is 0 Å². The fourth-order valence-electron chi connectivity index (χ4n) is 5.55. The van der Waals surface area contributed by atoms with Crippen LogP contribution in [0.15, 0.2) is 53.0 Å². The lowest BCUT2D eigenvalue weighted by atomic mass is 9.81. The van der Waals surface area contributed by atoms with E-state index in [9.17, 15) is 4.79 Å². The minimum absolute atomic E-state index is 0.182. The molecular formula is C28H31N3O. The van der Waals surface area contributed by atoms with E-state index in [0.29, 0.717) is 24.7 Å². The van der Waals surface area contributed by atoms with E-state index in [4.69, 9.17) is 5.73 Å². The molecule has 0 radical (unpaired) electrons. The molecule has 164 valence electrons. The molecule has 2 aliphatic rings. The first-order chi connectivity index (χ1) is 15.6. The predicted octanol–water partition coefficient (Wildman–Crippen LogP) is 6.33. The van der Waals surface area contributed by atoms with Gasteiger partial charge in [0.15, 0.2) is 5.78 Å². The summed E-state index contributed by atoms with van der Waals surface area (Å²) in [6, 6.07) is 14.9. The van der Waals surface area contributed by atoms with Crippen molar-refractivity contribution in [2.45, 2.75) is 57.9 Å². The molecule has 0 unspecified atom stereocenters. The first-order valence-corrected chi connectivity index (χ1v) is 11.8. The normalized spacial score (nSPS) is 16.9. The van der Waals surface area contributed by atoms with Crippen molar-refractivity contribution in [2.75, 3.05) is 7.05 Å². The van der Waals surface area contributed by atoms with Crippen LogP contribution in [-0.2, 0) is 6.54 Å². The first kappa shape index (κ1) is 20.7. The molecule has 2 N–H and O–H groups in total. The topological polar surface area (TPSA) is 60.4 Å². The second-order valence-corrected chi connectivity index (χ2v) is 9.06. The summed E-state index contributed by atoms with van der Waals surface area (Å²) in [5.41, 5.74) is 14.4. The number of carbonyl (C=O) groups is 1. The van der Waals surface area contributed by atoms with Crippen LogP contribution >= 0.6 is 0 Å². The average Bonchev–Trinajstić information content (AvgIpc) is 3.05. The van der Waals surface area contributed by atoms with Crippen molar-refractivity contribution in [3.8, 4) is 11.3 Å². The van der Waals surface area contributed by atoms with E-state index in [-0.39, 0.29) is 5.78 Å². The van der Waals surface area contributed by atoms with Gasteiger partial charge in [-0.05, 0) is 42.0 Å². The van der Waals surface area contributed by atoms with Gasteiger partial charge in [0.2, 0.25) is 0 Å². The monoisotopic (exact) mass is 425 g/mol. The number of aromatic nitrogens is 1. The maximum atomic E-state index is 12.6. The molecule has 1 aliphatic carbocycles. The zero-order valence-electron chi connectivity index (χ0n) is 19.0. The van der Waals surface area contributed by atoms with Gasteiger partial charge in [0.1, 0.15) is 5.84 Å². The third-order valence-electron chi connectivity index (χ3n) is 7.20. The Morgan fingerprint density at radius 3 is 2.66 bits per heavy atom. The molecule has 1 fully saturated rings. The van der Waals surface area contributed by atoms with Gasteiger partial charge in [0, 0.05) is 41.1 Å². The Balaban J connectivity index is 1.85. The third kappa shape index (κ3) is 3.38. The fraction of sp³-hybridized carbons (Fsp3) is 0.357. The first-order valence-electron chi connectivity index (χ1n) is 11.8. The number of benzene rings is 2. The summed E-state index contributed by atoms with van der Waals surface area (Å²) in [7, 11) is 1.74. The van der Waals surface area contributed by atoms with Crippen LogP contribution in [0.2, 0.25) is 0 Å². The fourth-order valence-corrected chi connectivity index (χ4v) is 5.55. The highest BCUT2D eigenvalue weighted by Crippen LogP contribution is 2.46. The number of hydrogen-bond donors (Lipinski definition) is 1. The lowest BCUT2D eigenvalue weighted by molar-refractivity contribution is 0.0988. The maximum absolute atomic E-state index is 12.6. The van der Waals surface area contributed by atoms with E-state index < -0.39 is 0 Å². The number of aliphatic imine (C=N–C) groups is 1. The number of Topliss-reactive ketones (excluding diaryl/α,β-unsaturated/α-hetero) is 1. The SMILES string of the molecule is CCC(=O)c1ccc2c(C3CCCCC3)c3n(c2c1)CC(C(N)=NC)=Cc1ccccc1-3. The molecular weight excluding hydrogens is 394 g/mol. The molecule has 0 amide bonds. The standard InChI is InChI=1S/C28H31N3O/c1-3-25(32)20-13-14-23-24(16-20)31-17-21(28(29)30-2)15-19-11-7-8-12-22(19)27(31)26(23)18-9-5-4-6-10-18/h7-8,11-16,18H,3-6,9-10,17H2,1-2H3,(H2,29,30). The molecule has 1 aromatic heterocycles. The van der Waals surface area contributed by atoms with Crippen molar-refractivity contribution >= 4 is 28.6 Å². The van der Waals surface area contributed by atoms with E-state index in [1.54, 1.807) is 7.05 Å². The summed E-state index contributed by atoms with van der Waals surface area (Å²) in [5, 5.41) is 1.28. The van der Waals surface area contributed by atoms with Crippen molar-refractivity contribution in [1.29, 1.82) is 0 Å². The Hall–Kier alpha value is -3.14. The van der Waals surface area contributed by atoms with Gasteiger partial charge in [-0.3, -0.25) is 9.79 Å². The summed E-state index contributed by atoms with van der Waals surface area (Å²) in [6.45, 7) is 2.58. The number of rotatable bonds is 4. The van der Waals surface area contributed by atoms with Crippen molar-refractivity contribution in [3.63, 3.8) is 0 Å². The predicted molar refractivity (Wildman–Crippen MR) is 133 cm³/mol. The molecule has 2 aromatic carbocycles. The van der Waals surface area contributed by atoms with E-state index in [0.717, 1.165) is 16.7 Å². The summed E-state index contributed by atoms with van der Waals surface area (Å²) < 4.78 is 2.39. The smallest absolute Gasteiger partial charge is 0.162 e. The molecule has 1 aliphatic heterocycles. The van der Waals surface area contributed by atoms with E-state index >= 15 is 0 Å². The van der Waals surface area contributed by atoms with Crippen molar-refractivity contribution in [3.05, 3.63) is 64.7 Å². The van der Waals surface area contributed by atoms with E-state index in [1.165, 1.54) is 59.9 Å². The zero-order chi connectivity index (χ0) is 22.2. The van der Waals surface area contributed by atoms with Gasteiger partial charge >= 0.3 is 0 Å². The molecule has 2 heterocycles. The van der Waals surface area contributed by atoms with Crippen molar-refractivity contribution < 1.29 is 4.79 Å². The molecule has 32 heavy (non-hydrogen) atoms. The molecule has 0 spiro atoms. The van der Waals surface area contributed by atoms with Crippen LogP contribution in [0.5, 0.6) is 0 Å². The maximum Gasteiger partial charge on any atom is 0.162 e. The summed E-state index contributed by atoms with van der Waals surface area (Å²) >= 11 is 0. The number of hydrogen-bond acceptors (Lipinski definition) is 2. The number of ketones is 1. The van der Waals surface area contributed by atoms with Gasteiger partial charge in [-0.2, -0.15) is 0 Å². The van der Waals surface area contributed by atoms with E-state index in [2.05, 4.69) is 52.0 Å². The lowest BCUT2D eigenvalue weighted by Crippen LogP contribution is -2.18. The van der Waals surface area contributed by atoms with Crippen LogP contribution in [0.25, 0.3) is 28.2 Å². The highest BCUT2D eigenvalue weighted by atomic mass is 16.1. The average molecular weight is 426 g/mol. The van der Waals surface area contributed by atoms with Crippen LogP contribution in [0.4, 0.5) is 0 Å². The largest absolute Gasteiger partial charge is 0.384 e. The number of amidine groups is 1. The highest BCUT2D eigenvalue weighted by Gasteiger charge is 2.29. The lowest BCUT2D eigenvalue weighted by Gasteiger charge is -2.24. The molecule has 0 atom stereocenters. The zero-order valence-corrected chi connectivity index (χ0v) is 19.0. The molecule has 4 heteroatoms. The van der Waals surface area contributed by atoms with Gasteiger partial charge in [-0.1, -0.05) is 62.6 Å². The van der Waals surface area contributed by atoms with Gasteiger partial charge < -0.3 is 10.3 Å². The van der Waals surface area contributed by atoms with Crippen molar-refractivity contribution in [1.82, 2.24) is 4.57 Å². The summed E-state index contributed by atoms with van der Waals surface area (Å²) in [4.78, 5) is 16.9. The van der Waals surface area contributed by atoms with Crippen LogP contribution < -0.4 is 5.73 Å².